The molecule has 322 valence electrons. The molecule has 0 saturated heterocycles. The van der Waals surface area contributed by atoms with Crippen LogP contribution in [0, 0.1) is 23.7 Å². The van der Waals surface area contributed by atoms with Gasteiger partial charge in [0.15, 0.2) is 0 Å². The number of rotatable bonds is 5. The van der Waals surface area contributed by atoms with Crippen LogP contribution < -0.4 is 4.90 Å². The summed E-state index contributed by atoms with van der Waals surface area (Å²) in [5.41, 5.74) is 20.4. The predicted molar refractivity (Wildman–Crippen MR) is 283 cm³/mol. The fraction of sp³-hybridized carbons (Fsp3) is 0.200. The van der Waals surface area contributed by atoms with Crippen molar-refractivity contribution < 1.29 is 0 Å². The average molecular weight is 878 g/mol. The molecule has 4 bridgehead atoms. The van der Waals surface area contributed by atoms with Crippen LogP contribution in [-0.2, 0) is 10.8 Å². The Hall–Kier alpha value is -6.74. The van der Waals surface area contributed by atoms with Gasteiger partial charge in [-0.1, -0.05) is 166 Å². The first kappa shape index (κ1) is 38.4. The van der Waals surface area contributed by atoms with Gasteiger partial charge in [-0.3, -0.25) is 0 Å². The van der Waals surface area contributed by atoms with Crippen molar-refractivity contribution in [2.45, 2.75) is 56.8 Å². The van der Waals surface area contributed by atoms with Crippen LogP contribution in [0.2, 0.25) is 0 Å². The summed E-state index contributed by atoms with van der Waals surface area (Å²) >= 11 is 1.94. The van der Waals surface area contributed by atoms with Gasteiger partial charge in [-0.15, -0.1) is 11.3 Å². The van der Waals surface area contributed by atoms with E-state index in [4.69, 9.17) is 0 Å². The minimum Gasteiger partial charge on any atom is -0.310 e. The number of fused-ring (bicyclic) bond motifs is 11. The molecular weight excluding hydrogens is 827 g/mol. The third-order valence-electron chi connectivity index (χ3n) is 17.6. The van der Waals surface area contributed by atoms with Gasteiger partial charge in [-0.25, -0.2) is 0 Å². The number of anilines is 3. The minimum absolute atomic E-state index is 0.0845. The van der Waals surface area contributed by atoms with E-state index in [0.717, 1.165) is 11.8 Å². The van der Waals surface area contributed by atoms with Gasteiger partial charge in [0.25, 0.3) is 0 Å². The molecule has 16 rings (SSSR count). The van der Waals surface area contributed by atoms with Gasteiger partial charge in [0.2, 0.25) is 0 Å². The quantitative estimate of drug-likeness (QED) is 0.166. The Kier molecular flexibility index (Phi) is 7.97. The average Bonchev–Trinajstić information content (AvgIpc) is 3.98. The second kappa shape index (κ2) is 13.9. The second-order valence-electron chi connectivity index (χ2n) is 21.2. The van der Waals surface area contributed by atoms with Crippen molar-refractivity contribution >= 4 is 59.3 Å². The molecule has 4 saturated carbocycles. The lowest BCUT2D eigenvalue weighted by Crippen LogP contribution is -2.55. The summed E-state index contributed by atoms with van der Waals surface area (Å²) in [6.07, 6.45) is 6.98. The zero-order valence-electron chi connectivity index (χ0n) is 38.1. The molecule has 0 atom stereocenters. The third kappa shape index (κ3) is 5.26. The summed E-state index contributed by atoms with van der Waals surface area (Å²) in [4.78, 5) is 2.54. The topological polar surface area (TPSA) is 3.24 Å². The van der Waals surface area contributed by atoms with E-state index >= 15 is 0 Å². The highest BCUT2D eigenvalue weighted by Gasteiger charge is 2.61. The second-order valence-corrected chi connectivity index (χ2v) is 22.2. The summed E-state index contributed by atoms with van der Waals surface area (Å²) in [6.45, 7) is 4.79. The smallest absolute Gasteiger partial charge is 0.0465 e. The van der Waals surface area contributed by atoms with Gasteiger partial charge in [0, 0.05) is 48.1 Å². The van der Waals surface area contributed by atoms with E-state index in [2.05, 4.69) is 207 Å². The van der Waals surface area contributed by atoms with Crippen LogP contribution in [0.15, 0.2) is 188 Å². The Balaban J connectivity index is 0.880. The molecule has 1 nitrogen and oxygen atoms in total. The number of nitrogens with zero attached hydrogens (tertiary/aromatic N) is 1. The lowest BCUT2D eigenvalue weighted by Gasteiger charge is -2.61. The fourth-order valence-corrected chi connectivity index (χ4v) is 16.5. The number of hydrogen-bond acceptors (Lipinski definition) is 2. The van der Waals surface area contributed by atoms with Crippen LogP contribution in [0.4, 0.5) is 17.1 Å². The largest absolute Gasteiger partial charge is 0.310 e. The summed E-state index contributed by atoms with van der Waals surface area (Å²) in [5.74, 6) is 3.24. The summed E-state index contributed by atoms with van der Waals surface area (Å²) < 4.78 is 2.72. The van der Waals surface area contributed by atoms with Crippen molar-refractivity contribution in [2.24, 2.45) is 23.7 Å². The van der Waals surface area contributed by atoms with Crippen LogP contribution in [0.25, 0.3) is 75.5 Å². The first-order valence-electron chi connectivity index (χ1n) is 24.8. The zero-order chi connectivity index (χ0) is 44.2. The van der Waals surface area contributed by atoms with E-state index in [-0.39, 0.29) is 10.8 Å². The number of benzene rings is 9. The highest BCUT2D eigenvalue weighted by atomic mass is 32.1. The Morgan fingerprint density at radius 1 is 0.403 bits per heavy atom. The van der Waals surface area contributed by atoms with Crippen molar-refractivity contribution in [2.75, 3.05) is 4.90 Å². The van der Waals surface area contributed by atoms with Crippen LogP contribution in [0.1, 0.15) is 68.2 Å². The Bertz CT molecular complexity index is 3650. The molecular formula is C65H51NS. The monoisotopic (exact) mass is 877 g/mol. The molecule has 0 unspecified atom stereocenters. The predicted octanol–water partition coefficient (Wildman–Crippen LogP) is 18.0. The van der Waals surface area contributed by atoms with Crippen molar-refractivity contribution in [3.05, 3.63) is 210 Å². The molecule has 1 heterocycles. The highest BCUT2D eigenvalue weighted by Crippen LogP contribution is 2.69. The van der Waals surface area contributed by atoms with Crippen LogP contribution >= 0.6 is 11.3 Å². The Morgan fingerprint density at radius 2 is 0.940 bits per heavy atom. The van der Waals surface area contributed by atoms with E-state index in [1.807, 2.05) is 11.3 Å². The molecule has 67 heavy (non-hydrogen) atoms. The molecule has 6 aliphatic carbocycles. The Labute approximate surface area is 397 Å². The van der Waals surface area contributed by atoms with Gasteiger partial charge < -0.3 is 4.90 Å². The van der Waals surface area contributed by atoms with Gasteiger partial charge in [-0.2, -0.15) is 0 Å². The summed E-state index contributed by atoms with van der Waals surface area (Å²) in [6, 6.07) is 72.2. The molecule has 4 fully saturated rings. The molecule has 9 aromatic carbocycles. The van der Waals surface area contributed by atoms with E-state index in [9.17, 15) is 0 Å². The summed E-state index contributed by atoms with van der Waals surface area (Å²) in [5, 5.41) is 5.31. The van der Waals surface area contributed by atoms with Crippen LogP contribution in [-0.4, -0.2) is 0 Å². The standard InChI is InChI=1S/C65H51NS/c1-64(2)58-19-7-5-14-53(58)55-17-9-15-49(61(55)64)42-21-26-46(27-22-42)66(47-28-23-43(24-29-47)51-16-10-18-56-57-31-25-41-11-3-4-12-50(41)63(57)67-62(51)56)48-30-32-54-52-13-6-8-20-59(52)65(60(54)38-48)44-34-39-33-40(36-44)37-45(65)35-39/h3-32,38-40,44-45H,33-37H2,1-2H3. The van der Waals surface area contributed by atoms with Gasteiger partial charge in [-0.05, 0) is 170 Å². The van der Waals surface area contributed by atoms with Crippen LogP contribution in [0.3, 0.4) is 0 Å². The summed E-state index contributed by atoms with van der Waals surface area (Å²) in [7, 11) is 0. The molecule has 0 N–H and O–H groups in total. The van der Waals surface area contributed by atoms with E-state index in [0.29, 0.717) is 11.8 Å². The molecule has 2 heteroatoms. The van der Waals surface area contributed by atoms with E-state index in [1.165, 1.54) is 136 Å². The van der Waals surface area contributed by atoms with Crippen molar-refractivity contribution in [3.63, 3.8) is 0 Å². The molecule has 10 aromatic rings. The van der Waals surface area contributed by atoms with E-state index < -0.39 is 0 Å². The first-order chi connectivity index (χ1) is 32.9. The third-order valence-corrected chi connectivity index (χ3v) is 18.9. The minimum atomic E-state index is -0.0845. The van der Waals surface area contributed by atoms with Crippen LogP contribution in [0.5, 0.6) is 0 Å². The molecule has 0 aliphatic heterocycles. The maximum absolute atomic E-state index is 2.64. The first-order valence-corrected chi connectivity index (χ1v) is 25.6. The molecule has 0 amide bonds. The molecule has 1 aromatic heterocycles. The highest BCUT2D eigenvalue weighted by molar-refractivity contribution is 7.27. The van der Waals surface area contributed by atoms with Crippen molar-refractivity contribution in [1.82, 2.24) is 0 Å². The SMILES string of the molecule is CC1(C)c2ccccc2-c2cccc(-c3ccc(N(c4ccc(-c5cccc6c5sc5c7ccccc7ccc65)cc4)c4ccc5c(c4)C4(c6ccccc6-5)C5CC6CC(C5)CC4C6)cc3)c21. The van der Waals surface area contributed by atoms with Gasteiger partial charge in [0.1, 0.15) is 0 Å². The maximum atomic E-state index is 2.64. The Morgan fingerprint density at radius 3 is 1.69 bits per heavy atom. The van der Waals surface area contributed by atoms with Crippen molar-refractivity contribution in [1.29, 1.82) is 0 Å². The molecule has 6 aliphatic rings. The molecule has 0 radical (unpaired) electrons. The van der Waals surface area contributed by atoms with E-state index in [1.54, 1.807) is 11.1 Å². The number of hydrogen-bond donors (Lipinski definition) is 0. The van der Waals surface area contributed by atoms with Gasteiger partial charge >= 0.3 is 0 Å². The molecule has 1 spiro atoms. The lowest BCUT2D eigenvalue weighted by molar-refractivity contribution is -0.0399. The lowest BCUT2D eigenvalue weighted by atomic mass is 9.43. The van der Waals surface area contributed by atoms with Gasteiger partial charge in [0.05, 0.1) is 0 Å². The normalized spacial score (nSPS) is 22.4. The zero-order valence-corrected chi connectivity index (χ0v) is 38.9. The number of thiophene rings is 1. The maximum Gasteiger partial charge on any atom is 0.0465 e. The fourth-order valence-electron chi connectivity index (χ4n) is 15.1. The van der Waals surface area contributed by atoms with Crippen molar-refractivity contribution in [3.8, 4) is 44.5 Å².